The maximum absolute atomic E-state index is 12.0. The summed E-state index contributed by atoms with van der Waals surface area (Å²) in [5.74, 6) is 0.784. The van der Waals surface area contributed by atoms with Crippen molar-refractivity contribution in [1.82, 2.24) is 10.2 Å². The maximum Gasteiger partial charge on any atom is 0.260 e. The van der Waals surface area contributed by atoms with Gasteiger partial charge in [0, 0.05) is 52.0 Å². The van der Waals surface area contributed by atoms with Crippen molar-refractivity contribution in [2.45, 2.75) is 0 Å². The van der Waals surface area contributed by atoms with Gasteiger partial charge in [-0.2, -0.15) is 0 Å². The number of carbonyl (C=O) groups is 1. The van der Waals surface area contributed by atoms with Gasteiger partial charge < -0.3 is 19.9 Å². The molecule has 1 N–H and O–H groups in total. The molecule has 1 aromatic rings. The molecule has 0 radical (unpaired) electrons. The third kappa shape index (κ3) is 3.86. The van der Waals surface area contributed by atoms with Crippen molar-refractivity contribution in [2.75, 3.05) is 51.8 Å². The number of hydrogen-bond donors (Lipinski definition) is 1. The second kappa shape index (κ2) is 6.43. The lowest BCUT2D eigenvalue weighted by molar-refractivity contribution is -0.133. The molecule has 1 heterocycles. The van der Waals surface area contributed by atoms with E-state index in [9.17, 15) is 4.79 Å². The number of piperazine rings is 1. The molecule has 5 heteroatoms. The van der Waals surface area contributed by atoms with Gasteiger partial charge in [-0.3, -0.25) is 4.79 Å². The van der Waals surface area contributed by atoms with Gasteiger partial charge in [0.2, 0.25) is 0 Å². The summed E-state index contributed by atoms with van der Waals surface area (Å²) in [6, 6.07) is 7.74. The first-order valence-electron chi connectivity index (χ1n) is 6.55. The molecule has 0 atom stereocenters. The van der Waals surface area contributed by atoms with Gasteiger partial charge in [-0.05, 0) is 12.1 Å². The minimum Gasteiger partial charge on any atom is -0.484 e. The van der Waals surface area contributed by atoms with Crippen LogP contribution >= 0.6 is 0 Å². The Kier molecular flexibility index (Phi) is 4.63. The Morgan fingerprint density at radius 3 is 2.79 bits per heavy atom. The number of hydrogen-bond acceptors (Lipinski definition) is 4. The first-order chi connectivity index (χ1) is 9.16. The molecule has 1 aliphatic rings. The van der Waals surface area contributed by atoms with Gasteiger partial charge in [0.05, 0.1) is 0 Å². The van der Waals surface area contributed by atoms with Crippen LogP contribution in [0.15, 0.2) is 24.3 Å². The fraction of sp³-hybridized carbons (Fsp3) is 0.500. The molecule has 1 fully saturated rings. The van der Waals surface area contributed by atoms with E-state index in [1.165, 1.54) is 0 Å². The molecular weight excluding hydrogens is 242 g/mol. The number of amides is 1. The lowest BCUT2D eigenvalue weighted by Gasteiger charge is -2.27. The summed E-state index contributed by atoms with van der Waals surface area (Å²) < 4.78 is 5.57. The van der Waals surface area contributed by atoms with Crippen LogP contribution in [0.4, 0.5) is 5.69 Å². The summed E-state index contributed by atoms with van der Waals surface area (Å²) >= 11 is 0. The van der Waals surface area contributed by atoms with Crippen molar-refractivity contribution in [3.63, 3.8) is 0 Å². The van der Waals surface area contributed by atoms with Crippen LogP contribution in [0.5, 0.6) is 5.75 Å². The van der Waals surface area contributed by atoms with Crippen molar-refractivity contribution in [2.24, 2.45) is 0 Å². The van der Waals surface area contributed by atoms with E-state index < -0.39 is 0 Å². The van der Waals surface area contributed by atoms with Crippen LogP contribution in [0, 0.1) is 0 Å². The van der Waals surface area contributed by atoms with Crippen molar-refractivity contribution in [1.29, 1.82) is 0 Å². The molecule has 0 spiro atoms. The first kappa shape index (κ1) is 13.7. The lowest BCUT2D eigenvalue weighted by Crippen LogP contribution is -2.47. The molecule has 0 aromatic heterocycles. The smallest absolute Gasteiger partial charge is 0.260 e. The minimum atomic E-state index is 0.0526. The highest BCUT2D eigenvalue weighted by atomic mass is 16.5. The third-order valence-corrected chi connectivity index (χ3v) is 3.17. The predicted octanol–water partition coefficient (Wildman–Crippen LogP) is 0.563. The third-order valence-electron chi connectivity index (χ3n) is 3.17. The highest BCUT2D eigenvalue weighted by molar-refractivity contribution is 5.78. The highest BCUT2D eigenvalue weighted by Gasteiger charge is 2.16. The zero-order valence-electron chi connectivity index (χ0n) is 11.6. The van der Waals surface area contributed by atoms with Crippen LogP contribution in [-0.4, -0.2) is 57.7 Å². The zero-order chi connectivity index (χ0) is 13.7. The number of nitrogens with one attached hydrogen (secondary N) is 1. The Labute approximate surface area is 114 Å². The molecule has 0 saturated carbocycles. The number of rotatable bonds is 4. The van der Waals surface area contributed by atoms with Gasteiger partial charge in [0.15, 0.2) is 6.61 Å². The molecule has 19 heavy (non-hydrogen) atoms. The molecule has 1 amide bonds. The Morgan fingerprint density at radius 2 is 2.11 bits per heavy atom. The number of nitrogens with zero attached hydrogens (tertiary/aromatic N) is 2. The monoisotopic (exact) mass is 263 g/mol. The van der Waals surface area contributed by atoms with Gasteiger partial charge in [0.25, 0.3) is 5.91 Å². The lowest BCUT2D eigenvalue weighted by atomic mass is 10.3. The van der Waals surface area contributed by atoms with E-state index in [4.69, 9.17) is 4.74 Å². The molecular formula is C14H21N3O2. The van der Waals surface area contributed by atoms with E-state index in [0.717, 1.165) is 37.6 Å². The molecule has 2 rings (SSSR count). The van der Waals surface area contributed by atoms with E-state index in [1.807, 2.05) is 48.2 Å². The van der Waals surface area contributed by atoms with E-state index in [2.05, 4.69) is 5.32 Å². The van der Waals surface area contributed by atoms with Gasteiger partial charge in [0.1, 0.15) is 5.75 Å². The molecule has 0 unspecified atom stereocenters. The summed E-state index contributed by atoms with van der Waals surface area (Å²) in [4.78, 5) is 15.8. The van der Waals surface area contributed by atoms with Crippen LogP contribution in [0.25, 0.3) is 0 Å². The SMILES string of the molecule is CN(C)c1cccc(OCC(=O)N2CCNCC2)c1. The van der Waals surface area contributed by atoms with E-state index in [0.29, 0.717) is 0 Å². The molecule has 5 nitrogen and oxygen atoms in total. The molecule has 0 aliphatic carbocycles. The second-order valence-corrected chi connectivity index (χ2v) is 4.81. The van der Waals surface area contributed by atoms with Crippen LogP contribution in [0.2, 0.25) is 0 Å². The van der Waals surface area contributed by atoms with Gasteiger partial charge in [-0.15, -0.1) is 0 Å². The standard InChI is InChI=1S/C14H21N3O2/c1-16(2)12-4-3-5-13(10-12)19-11-14(18)17-8-6-15-7-9-17/h3-5,10,15H,6-9,11H2,1-2H3. The van der Waals surface area contributed by atoms with E-state index in [1.54, 1.807) is 0 Å². The Balaban J connectivity index is 1.87. The molecule has 1 saturated heterocycles. The van der Waals surface area contributed by atoms with Crippen molar-refractivity contribution in [3.05, 3.63) is 24.3 Å². The predicted molar refractivity (Wildman–Crippen MR) is 75.7 cm³/mol. The molecule has 0 bridgehead atoms. The van der Waals surface area contributed by atoms with Gasteiger partial charge in [-0.1, -0.05) is 6.07 Å². The largest absolute Gasteiger partial charge is 0.484 e. The normalized spacial score (nSPS) is 15.2. The summed E-state index contributed by atoms with van der Waals surface area (Å²) in [7, 11) is 3.95. The van der Waals surface area contributed by atoms with Crippen LogP contribution < -0.4 is 15.0 Å². The van der Waals surface area contributed by atoms with Crippen LogP contribution in [-0.2, 0) is 4.79 Å². The zero-order valence-corrected chi connectivity index (χ0v) is 11.6. The Hall–Kier alpha value is -1.75. The van der Waals surface area contributed by atoms with Crippen LogP contribution in [0.3, 0.4) is 0 Å². The average Bonchev–Trinajstić information content (AvgIpc) is 2.46. The van der Waals surface area contributed by atoms with Crippen molar-refractivity contribution in [3.8, 4) is 5.75 Å². The topological polar surface area (TPSA) is 44.8 Å². The molecule has 1 aromatic carbocycles. The molecule has 1 aliphatic heterocycles. The summed E-state index contributed by atoms with van der Waals surface area (Å²) in [6.45, 7) is 3.36. The number of carbonyl (C=O) groups excluding carboxylic acids is 1. The van der Waals surface area contributed by atoms with E-state index in [-0.39, 0.29) is 12.5 Å². The average molecular weight is 263 g/mol. The van der Waals surface area contributed by atoms with Crippen LogP contribution in [0.1, 0.15) is 0 Å². The number of benzene rings is 1. The first-order valence-corrected chi connectivity index (χ1v) is 6.55. The van der Waals surface area contributed by atoms with Gasteiger partial charge >= 0.3 is 0 Å². The summed E-state index contributed by atoms with van der Waals surface area (Å²) in [5.41, 5.74) is 1.06. The summed E-state index contributed by atoms with van der Waals surface area (Å²) in [5, 5.41) is 3.22. The highest BCUT2D eigenvalue weighted by Crippen LogP contribution is 2.19. The fourth-order valence-electron chi connectivity index (χ4n) is 2.00. The second-order valence-electron chi connectivity index (χ2n) is 4.81. The Bertz CT molecular complexity index is 428. The maximum atomic E-state index is 12.0. The minimum absolute atomic E-state index is 0.0526. The quantitative estimate of drug-likeness (QED) is 0.862. The fourth-order valence-corrected chi connectivity index (χ4v) is 2.00. The van der Waals surface area contributed by atoms with Crippen molar-refractivity contribution < 1.29 is 9.53 Å². The number of anilines is 1. The van der Waals surface area contributed by atoms with E-state index >= 15 is 0 Å². The summed E-state index contributed by atoms with van der Waals surface area (Å²) in [6.07, 6.45) is 0. The Morgan fingerprint density at radius 1 is 1.37 bits per heavy atom. The molecule has 104 valence electrons. The van der Waals surface area contributed by atoms with Gasteiger partial charge in [-0.25, -0.2) is 0 Å². The van der Waals surface area contributed by atoms with Crippen molar-refractivity contribution >= 4 is 11.6 Å². The number of ether oxygens (including phenoxy) is 1.